The van der Waals surface area contributed by atoms with Gasteiger partial charge in [-0.05, 0) is 24.3 Å². The number of rotatable bonds is 9. The number of ether oxygens (including phenoxy) is 2. The number of aliphatic hydroxyl groups excluding tert-OH is 1. The molecule has 0 saturated heterocycles. The molecule has 0 saturated carbocycles. The maximum Gasteiger partial charge on any atom is 0.340 e. The monoisotopic (exact) mass is 408 g/mol. The summed E-state index contributed by atoms with van der Waals surface area (Å²) < 4.78 is 10.0. The number of nitro groups is 1. The van der Waals surface area contributed by atoms with Gasteiger partial charge in [0.15, 0.2) is 12.4 Å². The minimum absolute atomic E-state index is 0.122. The molecule has 0 bridgehead atoms. The number of ketones is 1. The molecule has 0 radical (unpaired) electrons. The Labute approximate surface area is 165 Å². The first-order valence-corrected chi connectivity index (χ1v) is 8.42. The summed E-state index contributed by atoms with van der Waals surface area (Å²) in [7, 11) is 1.44. The van der Waals surface area contributed by atoms with Crippen molar-refractivity contribution in [2.75, 3.05) is 32.2 Å². The SMILES string of the molecule is COc1ccc(C(=O)COC(=O)c2cc([N+](=O)[O-])ccc2NCCO)cc1Cl. The van der Waals surface area contributed by atoms with Crippen molar-refractivity contribution in [1.82, 2.24) is 0 Å². The number of halogens is 1. The lowest BCUT2D eigenvalue weighted by molar-refractivity contribution is -0.384. The van der Waals surface area contributed by atoms with Crippen LogP contribution in [0.1, 0.15) is 20.7 Å². The standard InChI is InChI=1S/C18H17ClN2O7/c1-27-17-5-2-11(8-14(17)19)16(23)10-28-18(24)13-9-12(21(25)26)3-4-15(13)20-6-7-22/h2-5,8-9,20,22H,6-7,10H2,1H3. The Kier molecular flexibility index (Phi) is 7.30. The minimum Gasteiger partial charge on any atom is -0.495 e. The highest BCUT2D eigenvalue weighted by atomic mass is 35.5. The first kappa shape index (κ1) is 21.1. The van der Waals surface area contributed by atoms with Crippen LogP contribution in [0.15, 0.2) is 36.4 Å². The maximum atomic E-state index is 12.4. The van der Waals surface area contributed by atoms with E-state index in [1.54, 1.807) is 0 Å². The molecule has 2 rings (SSSR count). The summed E-state index contributed by atoms with van der Waals surface area (Å²) in [4.78, 5) is 34.9. The van der Waals surface area contributed by atoms with Gasteiger partial charge in [-0.3, -0.25) is 14.9 Å². The molecule has 2 aromatic carbocycles. The number of nitrogens with one attached hydrogen (secondary N) is 1. The molecule has 28 heavy (non-hydrogen) atoms. The van der Waals surface area contributed by atoms with E-state index in [1.165, 1.54) is 37.4 Å². The van der Waals surface area contributed by atoms with Crippen molar-refractivity contribution in [3.8, 4) is 5.75 Å². The van der Waals surface area contributed by atoms with Crippen molar-refractivity contribution in [3.63, 3.8) is 0 Å². The lowest BCUT2D eigenvalue weighted by atomic mass is 10.1. The van der Waals surface area contributed by atoms with Gasteiger partial charge in [-0.25, -0.2) is 4.79 Å². The van der Waals surface area contributed by atoms with Crippen molar-refractivity contribution in [3.05, 3.63) is 62.7 Å². The molecule has 2 N–H and O–H groups in total. The van der Waals surface area contributed by atoms with Crippen LogP contribution in [0.5, 0.6) is 5.75 Å². The predicted molar refractivity (Wildman–Crippen MR) is 101 cm³/mol. The van der Waals surface area contributed by atoms with E-state index in [1.807, 2.05) is 0 Å². The molecule has 9 nitrogen and oxygen atoms in total. The van der Waals surface area contributed by atoms with Crippen LogP contribution in [0.4, 0.5) is 11.4 Å². The van der Waals surface area contributed by atoms with E-state index in [2.05, 4.69) is 5.32 Å². The third-order valence-corrected chi connectivity index (χ3v) is 3.96. The van der Waals surface area contributed by atoms with Gasteiger partial charge in [0.2, 0.25) is 0 Å². The first-order valence-electron chi connectivity index (χ1n) is 8.04. The topological polar surface area (TPSA) is 128 Å². The number of Topliss-reactive ketones (excluding diaryl/α,β-unsaturated/α-hetero) is 1. The second kappa shape index (κ2) is 9.67. The van der Waals surface area contributed by atoms with Gasteiger partial charge in [-0.2, -0.15) is 0 Å². The van der Waals surface area contributed by atoms with Gasteiger partial charge in [0.05, 0.1) is 29.2 Å². The van der Waals surface area contributed by atoms with E-state index < -0.39 is 23.3 Å². The van der Waals surface area contributed by atoms with Gasteiger partial charge in [0.25, 0.3) is 5.69 Å². The van der Waals surface area contributed by atoms with Crippen molar-refractivity contribution in [1.29, 1.82) is 0 Å². The Morgan fingerprint density at radius 1 is 1.25 bits per heavy atom. The van der Waals surface area contributed by atoms with Crippen molar-refractivity contribution >= 4 is 34.7 Å². The van der Waals surface area contributed by atoms with E-state index in [0.29, 0.717) is 5.75 Å². The molecule has 148 valence electrons. The summed E-state index contributed by atoms with van der Waals surface area (Å²) in [6, 6.07) is 7.95. The number of benzene rings is 2. The van der Waals surface area contributed by atoms with Gasteiger partial charge in [-0.15, -0.1) is 0 Å². The molecule has 0 heterocycles. The quantitative estimate of drug-likeness (QED) is 0.280. The number of carbonyl (C=O) groups excluding carboxylic acids is 2. The number of non-ortho nitro benzene ring substituents is 1. The Bertz CT molecular complexity index is 901. The zero-order chi connectivity index (χ0) is 20.7. The van der Waals surface area contributed by atoms with Crippen LogP contribution in [-0.2, 0) is 4.74 Å². The molecule has 0 aliphatic rings. The smallest absolute Gasteiger partial charge is 0.340 e. The Morgan fingerprint density at radius 3 is 2.61 bits per heavy atom. The highest BCUT2D eigenvalue weighted by Crippen LogP contribution is 2.26. The lowest BCUT2D eigenvalue weighted by Crippen LogP contribution is -2.17. The molecule has 2 aromatic rings. The number of hydrogen-bond acceptors (Lipinski definition) is 8. The van der Waals surface area contributed by atoms with Crippen LogP contribution >= 0.6 is 11.6 Å². The number of aliphatic hydroxyl groups is 1. The van der Waals surface area contributed by atoms with Crippen LogP contribution in [0, 0.1) is 10.1 Å². The van der Waals surface area contributed by atoms with Gasteiger partial charge in [0, 0.05) is 29.9 Å². The van der Waals surface area contributed by atoms with Crippen LogP contribution in [0.25, 0.3) is 0 Å². The fourth-order valence-corrected chi connectivity index (χ4v) is 2.55. The Morgan fingerprint density at radius 2 is 2.00 bits per heavy atom. The number of hydrogen-bond donors (Lipinski definition) is 2. The molecular weight excluding hydrogens is 392 g/mol. The molecule has 0 spiro atoms. The third-order valence-electron chi connectivity index (χ3n) is 3.67. The molecule has 10 heteroatoms. The molecule has 0 amide bonds. The van der Waals surface area contributed by atoms with Crippen LogP contribution in [-0.4, -0.2) is 48.7 Å². The van der Waals surface area contributed by atoms with Crippen molar-refractivity contribution in [2.45, 2.75) is 0 Å². The highest BCUT2D eigenvalue weighted by molar-refractivity contribution is 6.32. The van der Waals surface area contributed by atoms with Crippen LogP contribution < -0.4 is 10.1 Å². The molecule has 0 unspecified atom stereocenters. The normalized spacial score (nSPS) is 10.2. The summed E-state index contributed by atoms with van der Waals surface area (Å²) in [5.41, 5.74) is 0.0267. The number of nitrogens with zero attached hydrogens (tertiary/aromatic N) is 1. The zero-order valence-electron chi connectivity index (χ0n) is 14.8. The van der Waals surface area contributed by atoms with Crippen molar-refractivity contribution in [2.24, 2.45) is 0 Å². The lowest BCUT2D eigenvalue weighted by Gasteiger charge is -2.11. The Hall–Kier alpha value is -3.17. The molecule has 0 aliphatic carbocycles. The number of methoxy groups -OCH3 is 1. The van der Waals surface area contributed by atoms with E-state index >= 15 is 0 Å². The van der Waals surface area contributed by atoms with E-state index in [0.717, 1.165) is 6.07 Å². The highest BCUT2D eigenvalue weighted by Gasteiger charge is 2.19. The number of esters is 1. The van der Waals surface area contributed by atoms with Gasteiger partial charge in [0.1, 0.15) is 5.75 Å². The van der Waals surface area contributed by atoms with Crippen LogP contribution in [0.3, 0.4) is 0 Å². The molecular formula is C18H17ClN2O7. The summed E-state index contributed by atoms with van der Waals surface area (Å²) >= 11 is 5.97. The van der Waals surface area contributed by atoms with E-state index in [9.17, 15) is 19.7 Å². The molecule has 0 aromatic heterocycles. The Balaban J connectivity index is 2.15. The van der Waals surface area contributed by atoms with Crippen molar-refractivity contribution < 1.29 is 29.1 Å². The second-order valence-corrected chi connectivity index (χ2v) is 5.89. The summed E-state index contributed by atoms with van der Waals surface area (Å²) in [6.45, 7) is -0.660. The zero-order valence-corrected chi connectivity index (χ0v) is 15.6. The molecule has 0 aliphatic heterocycles. The summed E-state index contributed by atoms with van der Waals surface area (Å²) in [5.74, 6) is -1.03. The van der Waals surface area contributed by atoms with Gasteiger partial charge < -0.3 is 19.9 Å². The third kappa shape index (κ3) is 5.18. The van der Waals surface area contributed by atoms with E-state index in [4.69, 9.17) is 26.2 Å². The number of nitro benzene ring substituents is 1. The predicted octanol–water partition coefficient (Wildman–Crippen LogP) is 2.70. The fourth-order valence-electron chi connectivity index (χ4n) is 2.29. The first-order chi connectivity index (χ1) is 13.4. The largest absolute Gasteiger partial charge is 0.495 e. The number of carbonyl (C=O) groups is 2. The number of anilines is 1. The average Bonchev–Trinajstić information content (AvgIpc) is 2.69. The summed E-state index contributed by atoms with van der Waals surface area (Å²) in [6.07, 6.45) is 0. The molecule has 0 fully saturated rings. The fraction of sp³-hybridized carbons (Fsp3) is 0.222. The summed E-state index contributed by atoms with van der Waals surface area (Å²) in [5, 5.41) is 22.9. The minimum atomic E-state index is -0.919. The van der Waals surface area contributed by atoms with E-state index in [-0.39, 0.29) is 40.7 Å². The second-order valence-electron chi connectivity index (χ2n) is 5.49. The maximum absolute atomic E-state index is 12.4. The molecule has 0 atom stereocenters. The average molecular weight is 409 g/mol. The van der Waals surface area contributed by atoms with Crippen LogP contribution in [0.2, 0.25) is 5.02 Å². The van der Waals surface area contributed by atoms with Gasteiger partial charge >= 0.3 is 5.97 Å². The van der Waals surface area contributed by atoms with Gasteiger partial charge in [-0.1, -0.05) is 11.6 Å².